The molecule has 1 aromatic heterocycles. The van der Waals surface area contributed by atoms with Crippen molar-refractivity contribution < 1.29 is 52.4 Å². The summed E-state index contributed by atoms with van der Waals surface area (Å²) in [4.78, 5) is 73.7. The standard InChI is InChI=1S/C40H55ClFN3O10/c1-11-29-40(8)33(44-37(51)55-40)23(4)31(47)22(3)19-38(6,52-16-12-13-27(46)25-14-15-30(41)43-20-25)35(24(5)34(49)39(7,42)36(50)54-29)53-28-18-21(2)17-26(32(28)48)45(9)10/h14-15,20-24,26,28-29,32-33,35,48H,11,16-19H2,1-10H3,(H,44,51)/t21-,22-,23+,24+,26+,28-,29-,32-,33-,35-,38+,39?,40-/m1/s1. The highest BCUT2D eigenvalue weighted by atomic mass is 35.5. The maximum absolute atomic E-state index is 16.8. The molecule has 1 saturated carbocycles. The molecule has 13 nitrogen and oxygen atoms in total. The average molecular weight is 792 g/mol. The number of carbonyl (C=O) groups is 5. The monoisotopic (exact) mass is 791 g/mol. The maximum Gasteiger partial charge on any atom is 0.408 e. The molecule has 1 aromatic rings. The molecule has 1 amide bonds. The molecular formula is C40H55ClFN3O10. The highest BCUT2D eigenvalue weighted by Crippen LogP contribution is 2.42. The van der Waals surface area contributed by atoms with Crippen LogP contribution >= 0.6 is 11.6 Å². The number of hydrogen-bond donors (Lipinski definition) is 2. The van der Waals surface area contributed by atoms with Gasteiger partial charge in [-0.15, -0.1) is 0 Å². The van der Waals surface area contributed by atoms with E-state index in [1.165, 1.54) is 32.2 Å². The summed E-state index contributed by atoms with van der Waals surface area (Å²) in [6.45, 7) is 11.9. The van der Waals surface area contributed by atoms with Crippen LogP contribution in [-0.4, -0.2) is 118 Å². The Balaban J connectivity index is 1.83. The van der Waals surface area contributed by atoms with Crippen molar-refractivity contribution in [2.24, 2.45) is 23.7 Å². The normalized spacial score (nSPS) is 38.9. The van der Waals surface area contributed by atoms with Crippen molar-refractivity contribution in [3.8, 4) is 11.8 Å². The minimum Gasteiger partial charge on any atom is -0.455 e. The fourth-order valence-electron chi connectivity index (χ4n) is 8.50. The predicted molar refractivity (Wildman–Crippen MR) is 200 cm³/mol. The van der Waals surface area contributed by atoms with Crippen molar-refractivity contribution in [3.63, 3.8) is 0 Å². The van der Waals surface area contributed by atoms with Crippen LogP contribution in [-0.2, 0) is 33.3 Å². The summed E-state index contributed by atoms with van der Waals surface area (Å²) < 4.78 is 41.3. The number of cyclic esters (lactones) is 1. The number of fused-ring (bicyclic) bond motifs is 1. The van der Waals surface area contributed by atoms with Crippen LogP contribution < -0.4 is 5.32 Å². The Bertz CT molecular complexity index is 1680. The lowest BCUT2D eigenvalue weighted by atomic mass is 9.73. The number of hydrogen-bond acceptors (Lipinski definition) is 12. The SMILES string of the molecule is CC[C@H]1OC(=O)C(C)(F)C(=O)[C@H](C)[C@@H](O[C@@H]2C[C@H](C)C[C@H](N(C)C)[C@H]2O)[C@@](C)(OCC#CC(=O)c2ccc(Cl)nc2)C[C@@H](C)C(=O)[C@H](C)[C@H]2NC(=O)O[C@@]21C. The summed E-state index contributed by atoms with van der Waals surface area (Å²) in [5, 5.41) is 14.5. The number of halogens is 2. The van der Waals surface area contributed by atoms with Crippen LogP contribution in [0.1, 0.15) is 91.4 Å². The molecule has 0 bridgehead atoms. The Kier molecular flexibility index (Phi) is 13.9. The van der Waals surface area contributed by atoms with E-state index in [4.69, 9.17) is 30.5 Å². The molecule has 1 unspecified atom stereocenters. The summed E-state index contributed by atoms with van der Waals surface area (Å²) in [7, 11) is 3.68. The topological polar surface area (TPSA) is 171 Å². The maximum atomic E-state index is 16.8. The van der Waals surface area contributed by atoms with E-state index in [1.54, 1.807) is 27.7 Å². The highest BCUT2D eigenvalue weighted by molar-refractivity contribution is 6.29. The number of aliphatic hydroxyl groups is 1. The molecule has 13 atom stereocenters. The Morgan fingerprint density at radius 2 is 1.78 bits per heavy atom. The summed E-state index contributed by atoms with van der Waals surface area (Å²) in [5.41, 5.74) is -6.22. The van der Waals surface area contributed by atoms with Crippen LogP contribution in [0.3, 0.4) is 0 Å². The van der Waals surface area contributed by atoms with E-state index in [1.807, 2.05) is 25.9 Å². The van der Waals surface area contributed by atoms with E-state index in [9.17, 15) is 29.1 Å². The molecular weight excluding hydrogens is 737 g/mol. The number of carbonyl (C=O) groups excluding carboxylic acids is 5. The van der Waals surface area contributed by atoms with Crippen LogP contribution in [0.25, 0.3) is 0 Å². The Morgan fingerprint density at radius 1 is 1.11 bits per heavy atom. The van der Waals surface area contributed by atoms with Crippen molar-refractivity contribution in [2.45, 2.75) is 134 Å². The number of esters is 1. The average Bonchev–Trinajstić information content (AvgIpc) is 3.44. The van der Waals surface area contributed by atoms with Crippen LogP contribution in [0.15, 0.2) is 18.3 Å². The van der Waals surface area contributed by atoms with Crippen molar-refractivity contribution in [2.75, 3.05) is 20.7 Å². The van der Waals surface area contributed by atoms with Gasteiger partial charge in [-0.3, -0.25) is 14.4 Å². The van der Waals surface area contributed by atoms with Crippen LogP contribution in [0.5, 0.6) is 0 Å². The third-order valence-corrected chi connectivity index (χ3v) is 11.9. The van der Waals surface area contributed by atoms with Gasteiger partial charge in [0, 0.05) is 35.6 Å². The third kappa shape index (κ3) is 9.39. The number of alkyl halides is 1. The second-order valence-electron chi connectivity index (χ2n) is 16.2. The summed E-state index contributed by atoms with van der Waals surface area (Å²) in [6.07, 6.45) is -2.98. The molecule has 0 radical (unpaired) electrons. The third-order valence-electron chi connectivity index (χ3n) is 11.6. The number of aromatic nitrogens is 1. The minimum atomic E-state index is -3.21. The van der Waals surface area contributed by atoms with E-state index in [-0.39, 0.29) is 47.9 Å². The number of amides is 1. The first-order valence-corrected chi connectivity index (χ1v) is 19.2. The number of nitrogens with zero attached hydrogens (tertiary/aromatic N) is 2. The lowest BCUT2D eigenvalue weighted by Crippen LogP contribution is -2.61. The molecule has 0 aromatic carbocycles. The van der Waals surface area contributed by atoms with Crippen LogP contribution in [0.2, 0.25) is 5.15 Å². The molecule has 2 saturated heterocycles. The smallest absolute Gasteiger partial charge is 0.408 e. The van der Waals surface area contributed by atoms with Gasteiger partial charge < -0.3 is 34.3 Å². The molecule has 1 aliphatic carbocycles. The summed E-state index contributed by atoms with van der Waals surface area (Å²) in [5.74, 6) is -1.39. The zero-order chi connectivity index (χ0) is 41.2. The minimum absolute atomic E-state index is 0.0739. The quantitative estimate of drug-likeness (QED) is 0.0989. The van der Waals surface area contributed by atoms with Gasteiger partial charge in [0.25, 0.3) is 5.67 Å². The number of likely N-dealkylation sites (N-methyl/N-ethyl adjacent to an activating group) is 1. The molecule has 3 aliphatic rings. The molecule has 15 heteroatoms. The fraction of sp³-hybridized carbons (Fsp3) is 0.700. The van der Waals surface area contributed by atoms with Gasteiger partial charge >= 0.3 is 12.1 Å². The first-order valence-electron chi connectivity index (χ1n) is 18.8. The van der Waals surface area contributed by atoms with Crippen LogP contribution in [0, 0.1) is 35.5 Å². The lowest BCUT2D eigenvalue weighted by molar-refractivity contribution is -0.211. The molecule has 2 N–H and O–H groups in total. The number of alkyl carbamates (subject to hydrolysis) is 1. The van der Waals surface area contributed by atoms with Gasteiger partial charge in [-0.1, -0.05) is 52.1 Å². The van der Waals surface area contributed by atoms with E-state index in [0.29, 0.717) is 12.8 Å². The zero-order valence-corrected chi connectivity index (χ0v) is 34.1. The van der Waals surface area contributed by atoms with Crippen LogP contribution in [0.4, 0.5) is 9.18 Å². The van der Waals surface area contributed by atoms with Gasteiger partial charge in [-0.2, -0.15) is 0 Å². The fourth-order valence-corrected chi connectivity index (χ4v) is 8.61. The van der Waals surface area contributed by atoms with Gasteiger partial charge in [-0.25, -0.2) is 19.0 Å². The van der Waals surface area contributed by atoms with Crippen molar-refractivity contribution in [1.82, 2.24) is 15.2 Å². The number of pyridine rings is 1. The first kappa shape index (κ1) is 44.2. The summed E-state index contributed by atoms with van der Waals surface area (Å²) >= 11 is 5.85. The lowest BCUT2D eigenvalue weighted by Gasteiger charge is -2.47. The molecule has 2 aliphatic heterocycles. The summed E-state index contributed by atoms with van der Waals surface area (Å²) in [6, 6.07) is 1.62. The molecule has 304 valence electrons. The second kappa shape index (κ2) is 17.3. The molecule has 3 fully saturated rings. The molecule has 0 spiro atoms. The number of rotatable bonds is 7. The number of ether oxygens (including phenoxy) is 4. The van der Waals surface area contributed by atoms with Crippen molar-refractivity contribution in [3.05, 3.63) is 29.0 Å². The second-order valence-corrected chi connectivity index (χ2v) is 16.6. The van der Waals surface area contributed by atoms with Gasteiger partial charge in [0.1, 0.15) is 23.6 Å². The van der Waals surface area contributed by atoms with Gasteiger partial charge in [0.15, 0.2) is 11.4 Å². The van der Waals surface area contributed by atoms with Gasteiger partial charge in [0.05, 0.1) is 30.0 Å². The van der Waals surface area contributed by atoms with Crippen molar-refractivity contribution in [1.29, 1.82) is 0 Å². The zero-order valence-electron chi connectivity index (χ0n) is 33.3. The Hall–Kier alpha value is -3.48. The van der Waals surface area contributed by atoms with E-state index in [2.05, 4.69) is 22.1 Å². The first-order chi connectivity index (χ1) is 25.6. The molecule has 3 heterocycles. The molecule has 4 rings (SSSR count). The van der Waals surface area contributed by atoms with E-state index in [0.717, 1.165) is 6.92 Å². The van der Waals surface area contributed by atoms with Crippen molar-refractivity contribution >= 4 is 41.0 Å². The van der Waals surface area contributed by atoms with Gasteiger partial charge in [-0.05, 0) is 84.5 Å². The Morgan fingerprint density at radius 3 is 2.38 bits per heavy atom. The van der Waals surface area contributed by atoms with E-state index >= 15 is 4.39 Å². The highest BCUT2D eigenvalue weighted by Gasteiger charge is 2.59. The Labute approximate surface area is 327 Å². The largest absolute Gasteiger partial charge is 0.455 e. The van der Waals surface area contributed by atoms with Gasteiger partial charge in [0.2, 0.25) is 5.78 Å². The molecule has 55 heavy (non-hydrogen) atoms. The number of nitrogens with one attached hydrogen (secondary N) is 1. The number of ketones is 3. The number of aliphatic hydroxyl groups excluding tert-OH is 1. The number of Topliss-reactive ketones (excluding diaryl/α,β-unsaturated/α-hetero) is 3. The van der Waals surface area contributed by atoms with E-state index < -0.39 is 88.7 Å². The predicted octanol–water partition coefficient (Wildman–Crippen LogP) is 4.54.